The van der Waals surface area contributed by atoms with Gasteiger partial charge in [0.25, 0.3) is 0 Å². The zero-order valence-electron chi connectivity index (χ0n) is 14.3. The fraction of sp³-hybridized carbons (Fsp3) is 0.400. The monoisotopic (exact) mass is 419 g/mol. The normalized spacial score (nSPS) is 12.8. The Morgan fingerprint density at radius 2 is 1.96 bits per heavy atom. The Kier molecular flexibility index (Phi) is 6.93. The summed E-state index contributed by atoms with van der Waals surface area (Å²) >= 11 is 6.83. The summed E-state index contributed by atoms with van der Waals surface area (Å²) in [6.45, 7) is 3.24. The number of benzene rings is 1. The van der Waals surface area contributed by atoms with E-state index in [1.54, 1.807) is 13.8 Å². The SMILES string of the molecule is COc1ccc(S(=O)(=O)N[C@H](C(=O)OCc2nnsc2Cl)C(C)C)cc1. The molecule has 0 saturated heterocycles. The van der Waals surface area contributed by atoms with Gasteiger partial charge in [-0.15, -0.1) is 5.10 Å². The summed E-state index contributed by atoms with van der Waals surface area (Å²) in [6, 6.07) is 4.77. The molecule has 1 heterocycles. The molecule has 11 heteroatoms. The van der Waals surface area contributed by atoms with Crippen molar-refractivity contribution >= 4 is 39.1 Å². The van der Waals surface area contributed by atoms with Crippen LogP contribution in [0.1, 0.15) is 19.5 Å². The predicted molar refractivity (Wildman–Crippen MR) is 96.7 cm³/mol. The minimum Gasteiger partial charge on any atom is -0.497 e. The molecule has 0 unspecified atom stereocenters. The highest BCUT2D eigenvalue weighted by molar-refractivity contribution is 7.89. The molecule has 0 aliphatic carbocycles. The summed E-state index contributed by atoms with van der Waals surface area (Å²) in [5, 5.41) is 3.74. The lowest BCUT2D eigenvalue weighted by Gasteiger charge is -2.20. The zero-order chi connectivity index (χ0) is 19.3. The zero-order valence-corrected chi connectivity index (χ0v) is 16.7. The highest BCUT2D eigenvalue weighted by atomic mass is 35.5. The molecule has 0 aliphatic rings. The maximum absolute atomic E-state index is 12.5. The van der Waals surface area contributed by atoms with Gasteiger partial charge in [-0.05, 0) is 30.2 Å². The van der Waals surface area contributed by atoms with Crippen molar-refractivity contribution in [3.8, 4) is 5.75 Å². The second-order valence-electron chi connectivity index (χ2n) is 5.62. The molecule has 1 aromatic carbocycles. The third kappa shape index (κ3) is 5.13. The maximum Gasteiger partial charge on any atom is 0.324 e. The summed E-state index contributed by atoms with van der Waals surface area (Å²) in [5.41, 5.74) is 0.325. The lowest BCUT2D eigenvalue weighted by atomic mass is 10.1. The molecule has 2 aromatic rings. The summed E-state index contributed by atoms with van der Waals surface area (Å²) in [7, 11) is -2.43. The summed E-state index contributed by atoms with van der Waals surface area (Å²) in [5.74, 6) is -0.529. The molecule has 8 nitrogen and oxygen atoms in total. The van der Waals surface area contributed by atoms with E-state index in [0.29, 0.717) is 15.8 Å². The first-order chi connectivity index (χ1) is 12.2. The van der Waals surface area contributed by atoms with Crippen LogP contribution in [-0.4, -0.2) is 37.1 Å². The van der Waals surface area contributed by atoms with Crippen LogP contribution >= 0.6 is 23.1 Å². The van der Waals surface area contributed by atoms with Crippen LogP contribution in [-0.2, 0) is 26.2 Å². The van der Waals surface area contributed by atoms with E-state index in [1.807, 2.05) is 0 Å². The van der Waals surface area contributed by atoms with Gasteiger partial charge in [0.2, 0.25) is 10.0 Å². The summed E-state index contributed by atoms with van der Waals surface area (Å²) in [6.07, 6.45) is 0. The van der Waals surface area contributed by atoms with Crippen molar-refractivity contribution in [2.24, 2.45) is 5.92 Å². The number of halogens is 1. The fourth-order valence-electron chi connectivity index (χ4n) is 1.96. The first kappa shape index (κ1) is 20.6. The molecule has 2 rings (SSSR count). The number of aromatic nitrogens is 2. The van der Waals surface area contributed by atoms with Gasteiger partial charge in [-0.25, -0.2) is 8.42 Å². The highest BCUT2D eigenvalue weighted by Gasteiger charge is 2.30. The molecule has 0 radical (unpaired) electrons. The van der Waals surface area contributed by atoms with Gasteiger partial charge in [-0.3, -0.25) is 4.79 Å². The molecular formula is C15H18ClN3O5S2. The number of rotatable bonds is 8. The molecule has 1 aromatic heterocycles. The third-order valence-electron chi connectivity index (χ3n) is 3.43. The van der Waals surface area contributed by atoms with Crippen molar-refractivity contribution in [2.45, 2.75) is 31.4 Å². The molecule has 26 heavy (non-hydrogen) atoms. The average Bonchev–Trinajstić information content (AvgIpc) is 3.02. The molecule has 0 fully saturated rings. The number of ether oxygens (including phenoxy) is 2. The number of carbonyl (C=O) groups excluding carboxylic acids is 1. The first-order valence-corrected chi connectivity index (χ1v) is 10.2. The van der Waals surface area contributed by atoms with E-state index in [0.717, 1.165) is 11.5 Å². The Morgan fingerprint density at radius 1 is 1.31 bits per heavy atom. The smallest absolute Gasteiger partial charge is 0.324 e. The molecule has 1 N–H and O–H groups in total. The van der Waals surface area contributed by atoms with Crippen LogP contribution in [0.2, 0.25) is 4.34 Å². The van der Waals surface area contributed by atoms with Crippen molar-refractivity contribution < 1.29 is 22.7 Å². The average molecular weight is 420 g/mol. The molecular weight excluding hydrogens is 402 g/mol. The van der Waals surface area contributed by atoms with Crippen molar-refractivity contribution in [1.82, 2.24) is 14.3 Å². The lowest BCUT2D eigenvalue weighted by Crippen LogP contribution is -2.45. The summed E-state index contributed by atoms with van der Waals surface area (Å²) < 4.78 is 41.6. The van der Waals surface area contributed by atoms with Crippen LogP contribution in [0.3, 0.4) is 0 Å². The van der Waals surface area contributed by atoms with Crippen molar-refractivity contribution in [1.29, 1.82) is 0 Å². The van der Waals surface area contributed by atoms with Crippen LogP contribution in [0, 0.1) is 5.92 Å². The van der Waals surface area contributed by atoms with Gasteiger partial charge in [0.15, 0.2) is 0 Å². The van der Waals surface area contributed by atoms with Crippen LogP contribution in [0.5, 0.6) is 5.75 Å². The number of sulfonamides is 1. The van der Waals surface area contributed by atoms with Crippen LogP contribution < -0.4 is 9.46 Å². The molecule has 0 amide bonds. The van der Waals surface area contributed by atoms with Gasteiger partial charge in [0.1, 0.15) is 28.4 Å². The van der Waals surface area contributed by atoms with Crippen LogP contribution in [0.15, 0.2) is 29.2 Å². The van der Waals surface area contributed by atoms with Gasteiger partial charge in [-0.1, -0.05) is 29.9 Å². The molecule has 142 valence electrons. The number of nitrogens with one attached hydrogen (secondary N) is 1. The Hall–Kier alpha value is -1.75. The van der Waals surface area contributed by atoms with E-state index in [9.17, 15) is 13.2 Å². The van der Waals surface area contributed by atoms with Gasteiger partial charge in [0.05, 0.1) is 12.0 Å². The van der Waals surface area contributed by atoms with E-state index in [2.05, 4.69) is 14.3 Å². The lowest BCUT2D eigenvalue weighted by molar-refractivity contribution is -0.148. The molecule has 0 spiro atoms. The molecule has 0 bridgehead atoms. The predicted octanol–water partition coefficient (Wildman–Crippen LogP) is 2.25. The first-order valence-electron chi connectivity index (χ1n) is 7.54. The number of methoxy groups -OCH3 is 1. The van der Waals surface area contributed by atoms with Gasteiger partial charge >= 0.3 is 5.97 Å². The standard InChI is InChI=1S/C15H18ClN3O5S2/c1-9(2)13(15(20)24-8-12-14(16)25-19-17-12)18-26(21,22)11-6-4-10(23-3)5-7-11/h4-7,9,13,18H,8H2,1-3H3/t13-/m0/s1. The van der Waals surface area contributed by atoms with Gasteiger partial charge in [0, 0.05) is 11.5 Å². The van der Waals surface area contributed by atoms with E-state index in [-0.39, 0.29) is 17.4 Å². The van der Waals surface area contributed by atoms with E-state index in [1.165, 1.54) is 31.4 Å². The fourth-order valence-corrected chi connectivity index (χ4v) is 3.89. The quantitative estimate of drug-likeness (QED) is 0.653. The number of hydrogen-bond acceptors (Lipinski definition) is 8. The van der Waals surface area contributed by atoms with E-state index >= 15 is 0 Å². The van der Waals surface area contributed by atoms with Crippen molar-refractivity contribution in [2.75, 3.05) is 7.11 Å². The second kappa shape index (κ2) is 8.76. The largest absolute Gasteiger partial charge is 0.497 e. The Balaban J connectivity index is 2.10. The maximum atomic E-state index is 12.5. The van der Waals surface area contributed by atoms with Crippen molar-refractivity contribution in [3.05, 3.63) is 34.3 Å². The van der Waals surface area contributed by atoms with Gasteiger partial charge < -0.3 is 9.47 Å². The Bertz CT molecular complexity index is 852. The van der Waals surface area contributed by atoms with Crippen LogP contribution in [0.4, 0.5) is 0 Å². The van der Waals surface area contributed by atoms with E-state index < -0.39 is 22.0 Å². The topological polar surface area (TPSA) is 107 Å². The molecule has 1 atom stereocenters. The third-order valence-corrected chi connectivity index (χ3v) is 5.87. The second-order valence-corrected chi connectivity index (χ2v) is 8.69. The Morgan fingerprint density at radius 3 is 2.46 bits per heavy atom. The number of esters is 1. The Labute approximate surface area is 160 Å². The van der Waals surface area contributed by atoms with Crippen LogP contribution in [0.25, 0.3) is 0 Å². The van der Waals surface area contributed by atoms with Gasteiger partial charge in [-0.2, -0.15) is 4.72 Å². The molecule has 0 saturated carbocycles. The number of carbonyl (C=O) groups is 1. The minimum absolute atomic E-state index is 0.0171. The molecule has 0 aliphatic heterocycles. The van der Waals surface area contributed by atoms with Crippen molar-refractivity contribution in [3.63, 3.8) is 0 Å². The minimum atomic E-state index is -3.91. The highest BCUT2D eigenvalue weighted by Crippen LogP contribution is 2.19. The summed E-state index contributed by atoms with van der Waals surface area (Å²) in [4.78, 5) is 12.4. The number of nitrogens with zero attached hydrogens (tertiary/aromatic N) is 2. The number of hydrogen-bond donors (Lipinski definition) is 1. The van der Waals surface area contributed by atoms with E-state index in [4.69, 9.17) is 21.1 Å².